The fraction of sp³-hybridized carbons (Fsp3) is 0.579. The Bertz CT molecular complexity index is 817. The highest BCUT2D eigenvalue weighted by Crippen LogP contribution is 2.39. The maximum absolute atomic E-state index is 12.5. The predicted molar refractivity (Wildman–Crippen MR) is 109 cm³/mol. The maximum Gasteiger partial charge on any atom is 0.251 e. The Hall–Kier alpha value is -1.54. The molecule has 0 aromatic heterocycles. The summed E-state index contributed by atoms with van der Waals surface area (Å²) in [6, 6.07) is 7.55. The smallest absolute Gasteiger partial charge is 0.251 e. The zero-order valence-corrected chi connectivity index (χ0v) is 17.6. The van der Waals surface area contributed by atoms with E-state index in [1.165, 1.54) is 11.8 Å². The number of carbonyl (C=O) groups excluding carboxylic acids is 1. The second kappa shape index (κ2) is 8.22. The first-order valence-corrected chi connectivity index (χ1v) is 12.0. The number of carbonyl (C=O) groups is 1. The fourth-order valence-corrected chi connectivity index (χ4v) is 7.53. The summed E-state index contributed by atoms with van der Waals surface area (Å²) in [5.74, 6) is 0.863. The largest absolute Gasteiger partial charge is 0.497 e. The van der Waals surface area contributed by atoms with Crippen molar-refractivity contribution in [1.82, 2.24) is 4.90 Å². The molecule has 1 aromatic carbocycles. The van der Waals surface area contributed by atoms with E-state index in [0.717, 1.165) is 24.2 Å². The third-order valence-corrected chi connectivity index (χ3v) is 8.48. The van der Waals surface area contributed by atoms with E-state index >= 15 is 0 Å². The molecule has 3 rings (SSSR count). The Labute approximate surface area is 165 Å². The van der Waals surface area contributed by atoms with Gasteiger partial charge in [0.2, 0.25) is 0 Å². The number of ether oxygens (including phenoxy) is 1. The number of aliphatic imine (C=N–C) groups is 1. The van der Waals surface area contributed by atoms with E-state index in [2.05, 4.69) is 4.99 Å². The average molecular weight is 411 g/mol. The number of hydrogen-bond acceptors (Lipinski definition) is 5. The number of fused-ring (bicyclic) bond motifs is 1. The molecule has 1 amide bonds. The summed E-state index contributed by atoms with van der Waals surface area (Å²) in [7, 11) is -1.42. The molecule has 2 fully saturated rings. The van der Waals surface area contributed by atoms with Crippen molar-refractivity contribution in [2.75, 3.05) is 18.6 Å². The number of thioether (sulfide) groups is 1. The number of nitrogens with zero attached hydrogens (tertiary/aromatic N) is 2. The molecular formula is C19H26N2O4S2. The molecule has 0 bridgehead atoms. The molecule has 6 nitrogen and oxygen atoms in total. The molecule has 2 atom stereocenters. The van der Waals surface area contributed by atoms with E-state index in [1.807, 2.05) is 43.0 Å². The molecule has 0 saturated carbocycles. The number of rotatable bonds is 6. The van der Waals surface area contributed by atoms with Crippen LogP contribution >= 0.6 is 11.8 Å². The van der Waals surface area contributed by atoms with Crippen molar-refractivity contribution in [3.05, 3.63) is 29.8 Å². The average Bonchev–Trinajstić information content (AvgIpc) is 3.09. The molecule has 1 aromatic rings. The van der Waals surface area contributed by atoms with Crippen molar-refractivity contribution in [2.45, 2.75) is 44.5 Å². The number of methoxy groups -OCH3 is 1. The maximum atomic E-state index is 12.5. The lowest BCUT2D eigenvalue weighted by Gasteiger charge is -2.24. The topological polar surface area (TPSA) is 76.0 Å². The van der Waals surface area contributed by atoms with Crippen LogP contribution in [0.5, 0.6) is 5.75 Å². The third kappa shape index (κ3) is 4.48. The van der Waals surface area contributed by atoms with Crippen molar-refractivity contribution >= 4 is 32.7 Å². The predicted octanol–water partition coefficient (Wildman–Crippen LogP) is 2.73. The Morgan fingerprint density at radius 1 is 1.26 bits per heavy atom. The minimum atomic E-state index is -3.04. The van der Waals surface area contributed by atoms with Crippen LogP contribution in [-0.4, -0.2) is 54.3 Å². The van der Waals surface area contributed by atoms with Crippen LogP contribution in [0.3, 0.4) is 0 Å². The van der Waals surface area contributed by atoms with E-state index in [0.29, 0.717) is 11.7 Å². The van der Waals surface area contributed by atoms with Gasteiger partial charge in [0, 0.05) is 17.7 Å². The summed E-state index contributed by atoms with van der Waals surface area (Å²) >= 11 is 1.44. The van der Waals surface area contributed by atoms with E-state index in [4.69, 9.17) is 4.74 Å². The van der Waals surface area contributed by atoms with Gasteiger partial charge in [-0.25, -0.2) is 8.42 Å². The third-order valence-electron chi connectivity index (χ3n) is 5.23. The van der Waals surface area contributed by atoms with Gasteiger partial charge < -0.3 is 9.64 Å². The van der Waals surface area contributed by atoms with Crippen LogP contribution in [0.1, 0.15) is 32.3 Å². The second-order valence-electron chi connectivity index (χ2n) is 7.02. The van der Waals surface area contributed by atoms with Crippen LogP contribution in [0, 0.1) is 5.92 Å². The van der Waals surface area contributed by atoms with Gasteiger partial charge in [0.1, 0.15) is 5.75 Å². The molecule has 27 heavy (non-hydrogen) atoms. The van der Waals surface area contributed by atoms with Gasteiger partial charge in [-0.15, -0.1) is 0 Å². The summed E-state index contributed by atoms with van der Waals surface area (Å²) < 4.78 is 29.4. The summed E-state index contributed by atoms with van der Waals surface area (Å²) in [5.41, 5.74) is 1.03. The van der Waals surface area contributed by atoms with Crippen molar-refractivity contribution in [1.29, 1.82) is 0 Å². The van der Waals surface area contributed by atoms with Crippen LogP contribution in [0.2, 0.25) is 0 Å². The monoisotopic (exact) mass is 410 g/mol. The molecule has 0 aliphatic carbocycles. The fourth-order valence-electron chi connectivity index (χ4n) is 3.57. The minimum Gasteiger partial charge on any atom is -0.497 e. The van der Waals surface area contributed by atoms with Gasteiger partial charge in [0.15, 0.2) is 15.0 Å². The molecule has 0 spiro atoms. The van der Waals surface area contributed by atoms with Gasteiger partial charge in [0.25, 0.3) is 5.91 Å². The summed E-state index contributed by atoms with van der Waals surface area (Å²) in [6.07, 6.45) is 1.52. The van der Waals surface area contributed by atoms with Crippen LogP contribution in [0.25, 0.3) is 0 Å². The van der Waals surface area contributed by atoms with Crippen LogP contribution in [0.4, 0.5) is 0 Å². The zero-order chi connectivity index (χ0) is 19.6. The second-order valence-corrected chi connectivity index (χ2v) is 10.4. The van der Waals surface area contributed by atoms with Gasteiger partial charge in [-0.2, -0.15) is 4.99 Å². The van der Waals surface area contributed by atoms with Gasteiger partial charge in [-0.05, 0) is 30.5 Å². The molecule has 2 aliphatic rings. The molecule has 2 heterocycles. The molecule has 2 unspecified atom stereocenters. The van der Waals surface area contributed by atoms with Gasteiger partial charge >= 0.3 is 0 Å². The molecule has 0 radical (unpaired) electrons. The first kappa shape index (κ1) is 20.2. The van der Waals surface area contributed by atoms with E-state index < -0.39 is 9.84 Å². The number of hydrogen-bond donors (Lipinski definition) is 0. The molecular weight excluding hydrogens is 384 g/mol. The number of sulfone groups is 1. The lowest BCUT2D eigenvalue weighted by molar-refractivity contribution is -0.121. The van der Waals surface area contributed by atoms with E-state index in [1.54, 1.807) is 7.11 Å². The normalized spacial score (nSPS) is 25.2. The first-order chi connectivity index (χ1) is 12.9. The first-order valence-electron chi connectivity index (χ1n) is 9.26. The molecule has 8 heteroatoms. The van der Waals surface area contributed by atoms with Crippen LogP contribution in [0.15, 0.2) is 29.3 Å². The van der Waals surface area contributed by atoms with Gasteiger partial charge in [0.05, 0.1) is 24.7 Å². The summed E-state index contributed by atoms with van der Waals surface area (Å²) in [6.45, 7) is 4.51. The Morgan fingerprint density at radius 3 is 2.52 bits per heavy atom. The van der Waals surface area contributed by atoms with Crippen molar-refractivity contribution < 1.29 is 17.9 Å². The van der Waals surface area contributed by atoms with E-state index in [9.17, 15) is 13.2 Å². The quantitative estimate of drug-likeness (QED) is 0.718. The SMILES string of the molecule is CCC(CC)C(=O)N=C1SC2CS(=O)(=O)CC2N1Cc1ccc(OC)cc1. The molecule has 2 saturated heterocycles. The lowest BCUT2D eigenvalue weighted by atomic mass is 10.0. The molecule has 2 aliphatic heterocycles. The lowest BCUT2D eigenvalue weighted by Crippen LogP contribution is -2.37. The van der Waals surface area contributed by atoms with Gasteiger partial charge in [-0.3, -0.25) is 4.79 Å². The number of benzene rings is 1. The van der Waals surface area contributed by atoms with Gasteiger partial charge in [-0.1, -0.05) is 37.7 Å². The van der Waals surface area contributed by atoms with Crippen LogP contribution < -0.4 is 4.74 Å². The highest BCUT2D eigenvalue weighted by molar-refractivity contribution is 8.15. The Balaban J connectivity index is 1.86. The number of amidine groups is 1. The van der Waals surface area contributed by atoms with E-state index in [-0.39, 0.29) is 34.6 Å². The highest BCUT2D eigenvalue weighted by Gasteiger charge is 2.48. The zero-order valence-electron chi connectivity index (χ0n) is 15.9. The minimum absolute atomic E-state index is 0.0542. The van der Waals surface area contributed by atoms with Crippen LogP contribution in [-0.2, 0) is 21.2 Å². The molecule has 0 N–H and O–H groups in total. The van der Waals surface area contributed by atoms with Crippen molar-refractivity contribution in [3.8, 4) is 5.75 Å². The summed E-state index contributed by atoms with van der Waals surface area (Å²) in [5, 5.41) is 0.606. The van der Waals surface area contributed by atoms with Crippen molar-refractivity contribution in [2.24, 2.45) is 10.9 Å². The number of amides is 1. The van der Waals surface area contributed by atoms with Crippen molar-refractivity contribution in [3.63, 3.8) is 0 Å². The Morgan fingerprint density at radius 2 is 1.93 bits per heavy atom. The standard InChI is InChI=1S/C19H26N2O4S2/c1-4-14(5-2)18(22)20-19-21(10-13-6-8-15(25-3)9-7-13)16-11-27(23,24)12-17(16)26-19/h6-9,14,16-17H,4-5,10-12H2,1-3H3. The highest BCUT2D eigenvalue weighted by atomic mass is 32.2. The molecule has 148 valence electrons. The summed E-state index contributed by atoms with van der Waals surface area (Å²) in [4.78, 5) is 18.9. The Kier molecular flexibility index (Phi) is 6.15.